The Hall–Kier alpha value is -1.01. The highest BCUT2D eigenvalue weighted by Gasteiger charge is 2.19. The number of hydrogen-bond donors (Lipinski definition) is 1. The summed E-state index contributed by atoms with van der Waals surface area (Å²) in [5.74, 6) is 1.70. The predicted molar refractivity (Wildman–Crippen MR) is 47.8 cm³/mol. The Morgan fingerprint density at radius 2 is 2.33 bits per heavy atom. The van der Waals surface area contributed by atoms with Gasteiger partial charge in [0.05, 0.1) is 0 Å². The number of carboxylic acids is 1. The zero-order chi connectivity index (χ0) is 9.56. The average molecular weight is 169 g/mol. The van der Waals surface area contributed by atoms with Crippen LogP contribution in [0.2, 0.25) is 0 Å². The van der Waals surface area contributed by atoms with Crippen molar-refractivity contribution in [2.24, 2.45) is 0 Å². The van der Waals surface area contributed by atoms with Gasteiger partial charge in [-0.3, -0.25) is 9.69 Å². The maximum atomic E-state index is 10.6. The van der Waals surface area contributed by atoms with Crippen LogP contribution in [0.4, 0.5) is 0 Å². The zero-order valence-corrected chi connectivity index (χ0v) is 7.58. The molecule has 0 aromatic heterocycles. The van der Waals surface area contributed by atoms with E-state index in [0.717, 1.165) is 0 Å². The van der Waals surface area contributed by atoms with Crippen molar-refractivity contribution in [3.63, 3.8) is 0 Å². The number of carboxylic acid groups (broad SMARTS) is 1. The maximum absolute atomic E-state index is 10.6. The Morgan fingerprint density at radius 3 is 2.67 bits per heavy atom. The van der Waals surface area contributed by atoms with E-state index in [1.54, 1.807) is 11.9 Å². The van der Waals surface area contributed by atoms with Gasteiger partial charge in [-0.15, -0.1) is 12.3 Å². The van der Waals surface area contributed by atoms with E-state index in [0.29, 0.717) is 19.4 Å². The third-order valence-corrected chi connectivity index (χ3v) is 1.81. The van der Waals surface area contributed by atoms with Gasteiger partial charge >= 0.3 is 5.97 Å². The Bertz CT molecular complexity index is 183. The fourth-order valence-corrected chi connectivity index (χ4v) is 1.07. The van der Waals surface area contributed by atoms with Crippen LogP contribution < -0.4 is 0 Å². The molecule has 3 heteroatoms. The first kappa shape index (κ1) is 11.0. The fraction of sp³-hybridized carbons (Fsp3) is 0.667. The third-order valence-electron chi connectivity index (χ3n) is 1.81. The van der Waals surface area contributed by atoms with E-state index in [9.17, 15) is 4.79 Å². The van der Waals surface area contributed by atoms with Gasteiger partial charge in [0, 0.05) is 13.0 Å². The molecule has 0 saturated carbocycles. The van der Waals surface area contributed by atoms with E-state index in [4.69, 9.17) is 11.5 Å². The van der Waals surface area contributed by atoms with Crippen molar-refractivity contribution in [1.29, 1.82) is 0 Å². The minimum atomic E-state index is -0.781. The Labute approximate surface area is 73.4 Å². The summed E-state index contributed by atoms with van der Waals surface area (Å²) in [5, 5.41) is 8.75. The lowest BCUT2D eigenvalue weighted by Gasteiger charge is -2.22. The van der Waals surface area contributed by atoms with Crippen LogP contribution in [-0.2, 0) is 4.79 Å². The van der Waals surface area contributed by atoms with Crippen molar-refractivity contribution < 1.29 is 9.90 Å². The molecule has 12 heavy (non-hydrogen) atoms. The van der Waals surface area contributed by atoms with Gasteiger partial charge in [0.15, 0.2) is 0 Å². The molecule has 0 aromatic carbocycles. The van der Waals surface area contributed by atoms with Gasteiger partial charge < -0.3 is 5.11 Å². The topological polar surface area (TPSA) is 40.5 Å². The molecule has 3 nitrogen and oxygen atoms in total. The molecular weight excluding hydrogens is 154 g/mol. The fourth-order valence-electron chi connectivity index (χ4n) is 1.07. The van der Waals surface area contributed by atoms with Crippen LogP contribution >= 0.6 is 0 Å². The van der Waals surface area contributed by atoms with Crippen LogP contribution in [-0.4, -0.2) is 35.6 Å². The van der Waals surface area contributed by atoms with E-state index < -0.39 is 12.0 Å². The van der Waals surface area contributed by atoms with E-state index >= 15 is 0 Å². The van der Waals surface area contributed by atoms with Crippen molar-refractivity contribution in [3.8, 4) is 12.3 Å². The normalized spacial score (nSPS) is 12.5. The molecule has 68 valence electrons. The first-order chi connectivity index (χ1) is 5.63. The molecular formula is C9H15NO2. The van der Waals surface area contributed by atoms with Gasteiger partial charge in [-0.25, -0.2) is 0 Å². The zero-order valence-electron chi connectivity index (χ0n) is 7.58. The molecule has 0 aromatic rings. The number of hydrogen-bond acceptors (Lipinski definition) is 2. The minimum Gasteiger partial charge on any atom is -0.480 e. The smallest absolute Gasteiger partial charge is 0.320 e. The van der Waals surface area contributed by atoms with E-state index in [1.807, 2.05) is 6.92 Å². The molecule has 0 heterocycles. The van der Waals surface area contributed by atoms with Gasteiger partial charge in [0.1, 0.15) is 6.04 Å². The number of carbonyl (C=O) groups is 1. The van der Waals surface area contributed by atoms with Crippen molar-refractivity contribution in [2.75, 3.05) is 13.6 Å². The summed E-state index contributed by atoms with van der Waals surface area (Å²) < 4.78 is 0. The summed E-state index contributed by atoms with van der Waals surface area (Å²) in [7, 11) is 1.78. The monoisotopic (exact) mass is 169 g/mol. The molecule has 0 aliphatic rings. The van der Waals surface area contributed by atoms with E-state index in [2.05, 4.69) is 5.92 Å². The second-order valence-corrected chi connectivity index (χ2v) is 2.70. The van der Waals surface area contributed by atoms with Gasteiger partial charge in [-0.05, 0) is 13.5 Å². The largest absolute Gasteiger partial charge is 0.480 e. The second kappa shape index (κ2) is 5.62. The van der Waals surface area contributed by atoms with Crippen molar-refractivity contribution in [1.82, 2.24) is 4.90 Å². The van der Waals surface area contributed by atoms with E-state index in [1.165, 1.54) is 0 Å². The first-order valence-corrected chi connectivity index (χ1v) is 4.00. The summed E-state index contributed by atoms with van der Waals surface area (Å²) in [6.07, 6.45) is 6.28. The quantitative estimate of drug-likeness (QED) is 0.619. The maximum Gasteiger partial charge on any atom is 0.320 e. The van der Waals surface area contributed by atoms with Crippen LogP contribution in [0.25, 0.3) is 0 Å². The lowest BCUT2D eigenvalue weighted by molar-refractivity contribution is -0.142. The standard InChI is InChI=1S/C9H15NO2/c1-4-6-7-10(3)8(5-2)9(11)12/h1,8H,5-7H2,2-3H3,(H,11,12). The number of terminal acetylenes is 1. The van der Waals surface area contributed by atoms with Crippen LogP contribution in [0.3, 0.4) is 0 Å². The number of rotatable bonds is 5. The molecule has 0 aliphatic heterocycles. The third kappa shape index (κ3) is 3.40. The molecule has 0 amide bonds. The molecule has 0 spiro atoms. The molecule has 1 N–H and O–H groups in total. The SMILES string of the molecule is C#CCCN(C)C(CC)C(=O)O. The highest BCUT2D eigenvalue weighted by atomic mass is 16.4. The molecule has 1 atom stereocenters. The van der Waals surface area contributed by atoms with Crippen LogP contribution in [0, 0.1) is 12.3 Å². The molecule has 0 fully saturated rings. The molecule has 0 aliphatic carbocycles. The van der Waals surface area contributed by atoms with Crippen molar-refractivity contribution in [3.05, 3.63) is 0 Å². The Kier molecular flexibility index (Phi) is 5.14. The van der Waals surface area contributed by atoms with Crippen molar-refractivity contribution in [2.45, 2.75) is 25.8 Å². The second-order valence-electron chi connectivity index (χ2n) is 2.70. The van der Waals surface area contributed by atoms with Gasteiger partial charge in [-0.2, -0.15) is 0 Å². The van der Waals surface area contributed by atoms with Gasteiger partial charge in [0.25, 0.3) is 0 Å². The van der Waals surface area contributed by atoms with E-state index in [-0.39, 0.29) is 0 Å². The summed E-state index contributed by atoms with van der Waals surface area (Å²) in [6.45, 7) is 2.49. The first-order valence-electron chi connectivity index (χ1n) is 4.00. The van der Waals surface area contributed by atoms with Gasteiger partial charge in [-0.1, -0.05) is 6.92 Å². The summed E-state index contributed by atoms with van der Waals surface area (Å²) in [5.41, 5.74) is 0. The number of aliphatic carboxylic acids is 1. The molecule has 1 unspecified atom stereocenters. The molecule has 0 saturated heterocycles. The Morgan fingerprint density at radius 1 is 1.75 bits per heavy atom. The van der Waals surface area contributed by atoms with Crippen LogP contribution in [0.1, 0.15) is 19.8 Å². The summed E-state index contributed by atoms with van der Waals surface area (Å²) in [4.78, 5) is 12.4. The van der Waals surface area contributed by atoms with Crippen molar-refractivity contribution >= 4 is 5.97 Å². The molecule has 0 bridgehead atoms. The lowest BCUT2D eigenvalue weighted by atomic mass is 10.2. The number of nitrogens with zero attached hydrogens (tertiary/aromatic N) is 1. The van der Waals surface area contributed by atoms with Gasteiger partial charge in [0.2, 0.25) is 0 Å². The molecule has 0 radical (unpaired) electrons. The average Bonchev–Trinajstić information content (AvgIpc) is 2.01. The Balaban J connectivity index is 3.95. The van der Waals surface area contributed by atoms with Crippen LogP contribution in [0.15, 0.2) is 0 Å². The summed E-state index contributed by atoms with van der Waals surface area (Å²) in [6, 6.07) is -0.404. The summed E-state index contributed by atoms with van der Waals surface area (Å²) >= 11 is 0. The number of likely N-dealkylation sites (N-methyl/N-ethyl adjacent to an activating group) is 1. The molecule has 0 rings (SSSR count). The highest BCUT2D eigenvalue weighted by Crippen LogP contribution is 2.01. The van der Waals surface area contributed by atoms with Crippen LogP contribution in [0.5, 0.6) is 0 Å². The lowest BCUT2D eigenvalue weighted by Crippen LogP contribution is -2.38. The minimum absolute atomic E-state index is 0.404. The predicted octanol–water partition coefficient (Wildman–Crippen LogP) is 0.805. The highest BCUT2D eigenvalue weighted by molar-refractivity contribution is 5.73.